The van der Waals surface area contributed by atoms with Gasteiger partial charge in [-0.25, -0.2) is 19.9 Å². The summed E-state index contributed by atoms with van der Waals surface area (Å²) in [5, 5.41) is 8.67. The fourth-order valence-corrected chi connectivity index (χ4v) is 4.11. The normalized spacial score (nSPS) is 15.2. The molecule has 5 aromatic rings. The van der Waals surface area contributed by atoms with Crippen molar-refractivity contribution in [2.24, 2.45) is 0 Å². The predicted molar refractivity (Wildman–Crippen MR) is 120 cm³/mol. The Morgan fingerprint density at radius 3 is 2.61 bits per heavy atom. The van der Waals surface area contributed by atoms with Gasteiger partial charge in [0.25, 0.3) is 0 Å². The number of anilines is 1. The average molecular weight is 411 g/mol. The van der Waals surface area contributed by atoms with Gasteiger partial charge in [-0.05, 0) is 30.8 Å². The van der Waals surface area contributed by atoms with E-state index in [-0.39, 0.29) is 0 Å². The van der Waals surface area contributed by atoms with Gasteiger partial charge in [0.1, 0.15) is 17.5 Å². The SMILES string of the molecule is CN1CCN(c2nccc3[nH]c(-c4n[nH]c5ccc(-c6cncnc6)cc45)nc23)CC1. The largest absolute Gasteiger partial charge is 0.352 e. The van der Waals surface area contributed by atoms with Gasteiger partial charge < -0.3 is 14.8 Å². The van der Waals surface area contributed by atoms with Crippen molar-refractivity contribution in [2.75, 3.05) is 38.1 Å². The molecule has 1 fully saturated rings. The summed E-state index contributed by atoms with van der Waals surface area (Å²) in [6.45, 7) is 3.92. The lowest BCUT2D eigenvalue weighted by atomic mass is 10.1. The summed E-state index contributed by atoms with van der Waals surface area (Å²) in [7, 11) is 2.15. The molecule has 0 unspecified atom stereocenters. The lowest BCUT2D eigenvalue weighted by Crippen LogP contribution is -2.44. The molecule has 1 saturated heterocycles. The topological polar surface area (TPSA) is 103 Å². The molecule has 0 bridgehead atoms. The standard InChI is InChI=1S/C22H21N9/c1-30-6-8-31(9-7-30)22-20-18(4-5-25-22)26-21(27-20)19-16-10-14(2-3-17(16)28-29-19)15-11-23-13-24-12-15/h2-5,10-13H,6-9H2,1H3,(H,26,27)(H,28,29). The molecule has 0 spiro atoms. The second-order valence-corrected chi connectivity index (χ2v) is 7.87. The van der Waals surface area contributed by atoms with E-state index >= 15 is 0 Å². The molecule has 9 heteroatoms. The van der Waals surface area contributed by atoms with Crippen LogP contribution in [-0.4, -0.2) is 73.2 Å². The molecule has 5 heterocycles. The Balaban J connectivity index is 1.44. The second kappa shape index (κ2) is 7.13. The lowest BCUT2D eigenvalue weighted by molar-refractivity contribution is 0.312. The van der Waals surface area contributed by atoms with E-state index in [0.717, 1.165) is 76.6 Å². The van der Waals surface area contributed by atoms with E-state index in [0.29, 0.717) is 0 Å². The number of hydrogen-bond donors (Lipinski definition) is 2. The Labute approximate surface area is 178 Å². The molecule has 1 aromatic carbocycles. The maximum absolute atomic E-state index is 4.92. The van der Waals surface area contributed by atoms with Crippen LogP contribution in [0.1, 0.15) is 0 Å². The summed E-state index contributed by atoms with van der Waals surface area (Å²) in [6.07, 6.45) is 6.99. The van der Waals surface area contributed by atoms with Crippen LogP contribution in [0.5, 0.6) is 0 Å². The summed E-state index contributed by atoms with van der Waals surface area (Å²) < 4.78 is 0. The minimum absolute atomic E-state index is 0.728. The maximum Gasteiger partial charge on any atom is 0.159 e. The van der Waals surface area contributed by atoms with Crippen LogP contribution in [0.25, 0.3) is 44.6 Å². The highest BCUT2D eigenvalue weighted by Crippen LogP contribution is 2.31. The first-order chi connectivity index (χ1) is 15.3. The molecule has 0 radical (unpaired) electrons. The van der Waals surface area contributed by atoms with Gasteiger partial charge in [0.2, 0.25) is 0 Å². The number of rotatable bonds is 3. The molecule has 9 nitrogen and oxygen atoms in total. The number of piperazine rings is 1. The van der Waals surface area contributed by atoms with Gasteiger partial charge in [-0.15, -0.1) is 0 Å². The molecule has 0 aliphatic carbocycles. The highest BCUT2D eigenvalue weighted by atomic mass is 15.3. The van der Waals surface area contributed by atoms with Gasteiger partial charge in [0.15, 0.2) is 11.6 Å². The molecule has 4 aromatic heterocycles. The van der Waals surface area contributed by atoms with E-state index < -0.39 is 0 Å². The van der Waals surface area contributed by atoms with Gasteiger partial charge in [0, 0.05) is 55.7 Å². The zero-order valence-electron chi connectivity index (χ0n) is 17.1. The average Bonchev–Trinajstić information content (AvgIpc) is 3.43. The first-order valence-electron chi connectivity index (χ1n) is 10.3. The van der Waals surface area contributed by atoms with Gasteiger partial charge >= 0.3 is 0 Å². The molecule has 154 valence electrons. The summed E-state index contributed by atoms with van der Waals surface area (Å²) in [4.78, 5) is 25.9. The number of nitrogens with zero attached hydrogens (tertiary/aromatic N) is 7. The molecule has 1 aliphatic heterocycles. The molecule has 2 N–H and O–H groups in total. The van der Waals surface area contributed by atoms with E-state index in [9.17, 15) is 0 Å². The van der Waals surface area contributed by atoms with Crippen molar-refractivity contribution in [3.63, 3.8) is 0 Å². The van der Waals surface area contributed by atoms with E-state index in [1.165, 1.54) is 6.33 Å². The van der Waals surface area contributed by atoms with Crippen LogP contribution in [-0.2, 0) is 0 Å². The first-order valence-corrected chi connectivity index (χ1v) is 10.3. The molecule has 0 amide bonds. The van der Waals surface area contributed by atoms with Gasteiger partial charge in [-0.3, -0.25) is 5.10 Å². The predicted octanol–water partition coefficient (Wildman–Crippen LogP) is 2.71. The van der Waals surface area contributed by atoms with Crippen LogP contribution in [0.15, 0.2) is 49.2 Å². The minimum Gasteiger partial charge on any atom is -0.352 e. The number of benzene rings is 1. The van der Waals surface area contributed by atoms with Crippen LogP contribution >= 0.6 is 0 Å². The van der Waals surface area contributed by atoms with Crippen LogP contribution in [0.2, 0.25) is 0 Å². The van der Waals surface area contributed by atoms with Gasteiger partial charge in [-0.2, -0.15) is 5.10 Å². The van der Waals surface area contributed by atoms with E-state index in [4.69, 9.17) is 4.98 Å². The van der Waals surface area contributed by atoms with Crippen molar-refractivity contribution < 1.29 is 0 Å². The van der Waals surface area contributed by atoms with Crippen LogP contribution in [0.4, 0.5) is 5.82 Å². The fourth-order valence-electron chi connectivity index (χ4n) is 4.11. The number of imidazole rings is 1. The van der Waals surface area contributed by atoms with E-state index in [1.54, 1.807) is 0 Å². The Kier molecular flexibility index (Phi) is 4.13. The molecular formula is C22H21N9. The summed E-state index contributed by atoms with van der Waals surface area (Å²) in [6, 6.07) is 8.12. The molecule has 31 heavy (non-hydrogen) atoms. The Hall–Kier alpha value is -3.85. The van der Waals surface area contributed by atoms with Crippen molar-refractivity contribution >= 4 is 27.8 Å². The number of likely N-dealkylation sites (N-methyl/N-ethyl adjacent to an activating group) is 1. The van der Waals surface area contributed by atoms with Crippen molar-refractivity contribution in [3.05, 3.63) is 49.2 Å². The van der Waals surface area contributed by atoms with Crippen molar-refractivity contribution in [1.82, 2.24) is 40.0 Å². The third kappa shape index (κ3) is 3.10. The Bertz CT molecular complexity index is 1360. The number of nitrogens with one attached hydrogen (secondary N) is 2. The minimum atomic E-state index is 0.728. The van der Waals surface area contributed by atoms with Gasteiger partial charge in [0.05, 0.1) is 11.0 Å². The molecule has 0 atom stereocenters. The first kappa shape index (κ1) is 18.0. The monoisotopic (exact) mass is 411 g/mol. The second-order valence-electron chi connectivity index (χ2n) is 7.87. The Morgan fingerprint density at radius 1 is 0.935 bits per heavy atom. The number of hydrogen-bond acceptors (Lipinski definition) is 7. The third-order valence-electron chi connectivity index (χ3n) is 5.87. The Morgan fingerprint density at radius 2 is 1.77 bits per heavy atom. The number of fused-ring (bicyclic) bond motifs is 2. The quantitative estimate of drug-likeness (QED) is 0.471. The number of pyridine rings is 1. The number of aromatic amines is 2. The summed E-state index contributed by atoms with van der Waals surface area (Å²) in [5.74, 6) is 1.65. The van der Waals surface area contributed by atoms with Crippen LogP contribution in [0.3, 0.4) is 0 Å². The number of aromatic nitrogens is 7. The maximum atomic E-state index is 4.92. The zero-order chi connectivity index (χ0) is 20.8. The van der Waals surface area contributed by atoms with Crippen LogP contribution in [0, 0.1) is 0 Å². The lowest BCUT2D eigenvalue weighted by Gasteiger charge is -2.33. The highest BCUT2D eigenvalue weighted by molar-refractivity contribution is 5.96. The van der Waals surface area contributed by atoms with Crippen molar-refractivity contribution in [2.45, 2.75) is 0 Å². The van der Waals surface area contributed by atoms with E-state index in [2.05, 4.69) is 53.0 Å². The fraction of sp³-hybridized carbons (Fsp3) is 0.227. The summed E-state index contributed by atoms with van der Waals surface area (Å²) in [5.41, 5.74) is 5.57. The van der Waals surface area contributed by atoms with Crippen molar-refractivity contribution in [1.29, 1.82) is 0 Å². The number of H-pyrrole nitrogens is 2. The third-order valence-corrected chi connectivity index (χ3v) is 5.87. The zero-order valence-corrected chi connectivity index (χ0v) is 17.1. The summed E-state index contributed by atoms with van der Waals surface area (Å²) >= 11 is 0. The molecule has 6 rings (SSSR count). The van der Waals surface area contributed by atoms with Crippen LogP contribution < -0.4 is 4.90 Å². The molecular weight excluding hydrogens is 390 g/mol. The van der Waals surface area contributed by atoms with E-state index in [1.807, 2.05) is 36.8 Å². The molecule has 0 saturated carbocycles. The highest BCUT2D eigenvalue weighted by Gasteiger charge is 2.21. The van der Waals surface area contributed by atoms with Gasteiger partial charge in [-0.1, -0.05) is 6.07 Å². The smallest absolute Gasteiger partial charge is 0.159 e. The molecule has 1 aliphatic rings. The van der Waals surface area contributed by atoms with Crippen molar-refractivity contribution in [3.8, 4) is 22.6 Å².